The minimum Gasteiger partial charge on any atom is -0.451 e. The SMILES string of the molecule is C[C@H](OC(=O)[C@@H]1CCCN1S(=O)(=O)c1ccc(F)cc1)C(=O)NC1CC1. The van der Waals surface area contributed by atoms with E-state index in [4.69, 9.17) is 4.74 Å². The van der Waals surface area contributed by atoms with Gasteiger partial charge in [0.05, 0.1) is 4.90 Å². The topological polar surface area (TPSA) is 92.8 Å². The molecule has 9 heteroatoms. The van der Waals surface area contributed by atoms with Crippen LogP contribution in [0, 0.1) is 5.82 Å². The third kappa shape index (κ3) is 4.04. The van der Waals surface area contributed by atoms with E-state index in [2.05, 4.69) is 5.32 Å². The summed E-state index contributed by atoms with van der Waals surface area (Å²) in [7, 11) is -3.95. The number of esters is 1. The Morgan fingerprint density at radius 1 is 1.23 bits per heavy atom. The van der Waals surface area contributed by atoms with Crippen molar-refractivity contribution in [3.8, 4) is 0 Å². The van der Waals surface area contributed by atoms with E-state index in [1.54, 1.807) is 0 Å². The molecule has 0 unspecified atom stereocenters. The number of rotatable bonds is 6. The van der Waals surface area contributed by atoms with Crippen molar-refractivity contribution >= 4 is 21.9 Å². The third-order valence-electron chi connectivity index (χ3n) is 4.48. The number of halogens is 1. The van der Waals surface area contributed by atoms with Crippen LogP contribution in [0.25, 0.3) is 0 Å². The molecule has 7 nitrogen and oxygen atoms in total. The Balaban J connectivity index is 1.69. The molecule has 1 N–H and O–H groups in total. The highest BCUT2D eigenvalue weighted by Gasteiger charge is 2.41. The predicted molar refractivity (Wildman–Crippen MR) is 90.0 cm³/mol. The number of hydrogen-bond donors (Lipinski definition) is 1. The van der Waals surface area contributed by atoms with E-state index in [9.17, 15) is 22.4 Å². The Bertz CT molecular complexity index is 792. The fourth-order valence-electron chi connectivity index (χ4n) is 2.86. The molecule has 1 saturated carbocycles. The quantitative estimate of drug-likeness (QED) is 0.744. The number of carbonyl (C=O) groups excluding carboxylic acids is 2. The molecule has 0 spiro atoms. The predicted octanol–water partition coefficient (Wildman–Crippen LogP) is 1.19. The third-order valence-corrected chi connectivity index (χ3v) is 6.40. The molecule has 0 aromatic heterocycles. The van der Waals surface area contributed by atoms with Gasteiger partial charge in [-0.15, -0.1) is 0 Å². The summed E-state index contributed by atoms with van der Waals surface area (Å²) in [6.07, 6.45) is 1.66. The van der Waals surface area contributed by atoms with Crippen molar-refractivity contribution in [2.45, 2.75) is 55.7 Å². The molecular formula is C17H21FN2O5S. The summed E-state index contributed by atoms with van der Waals surface area (Å²) in [6.45, 7) is 1.63. The first-order valence-electron chi connectivity index (χ1n) is 8.57. The zero-order valence-corrected chi connectivity index (χ0v) is 15.2. The molecule has 3 rings (SSSR count). The van der Waals surface area contributed by atoms with Crippen LogP contribution in [0.1, 0.15) is 32.6 Å². The molecule has 2 atom stereocenters. The van der Waals surface area contributed by atoms with Crippen molar-refractivity contribution in [2.24, 2.45) is 0 Å². The highest BCUT2D eigenvalue weighted by molar-refractivity contribution is 7.89. The molecule has 1 aromatic rings. The van der Waals surface area contributed by atoms with Crippen LogP contribution in [-0.4, -0.2) is 49.3 Å². The van der Waals surface area contributed by atoms with Crippen LogP contribution in [0.2, 0.25) is 0 Å². The second-order valence-corrected chi connectivity index (χ2v) is 8.48. The first-order chi connectivity index (χ1) is 12.3. The Labute approximate surface area is 151 Å². The van der Waals surface area contributed by atoms with Crippen molar-refractivity contribution < 1.29 is 27.1 Å². The maximum atomic E-state index is 13.1. The lowest BCUT2D eigenvalue weighted by molar-refractivity contribution is -0.157. The van der Waals surface area contributed by atoms with E-state index >= 15 is 0 Å². The maximum absolute atomic E-state index is 13.1. The van der Waals surface area contributed by atoms with Crippen molar-refractivity contribution in [3.63, 3.8) is 0 Å². The summed E-state index contributed by atoms with van der Waals surface area (Å²) in [5.41, 5.74) is 0. The van der Waals surface area contributed by atoms with Gasteiger partial charge in [-0.25, -0.2) is 12.8 Å². The lowest BCUT2D eigenvalue weighted by atomic mass is 10.2. The van der Waals surface area contributed by atoms with Gasteiger partial charge in [-0.3, -0.25) is 9.59 Å². The highest BCUT2D eigenvalue weighted by Crippen LogP contribution is 2.27. The molecule has 26 heavy (non-hydrogen) atoms. The van der Waals surface area contributed by atoms with E-state index < -0.39 is 34.0 Å². The van der Waals surface area contributed by atoms with Gasteiger partial charge in [0.2, 0.25) is 10.0 Å². The van der Waals surface area contributed by atoms with Gasteiger partial charge in [-0.2, -0.15) is 4.31 Å². The van der Waals surface area contributed by atoms with Crippen LogP contribution < -0.4 is 5.32 Å². The molecule has 1 aromatic carbocycles. The van der Waals surface area contributed by atoms with Crippen molar-refractivity contribution in [3.05, 3.63) is 30.1 Å². The number of nitrogens with zero attached hydrogens (tertiary/aromatic N) is 1. The molecule has 142 valence electrons. The van der Waals surface area contributed by atoms with Gasteiger partial charge in [0.1, 0.15) is 11.9 Å². The Hall–Kier alpha value is -2.00. The molecule has 1 aliphatic carbocycles. The summed E-state index contributed by atoms with van der Waals surface area (Å²) >= 11 is 0. The van der Waals surface area contributed by atoms with Crippen LogP contribution in [0.15, 0.2) is 29.2 Å². The van der Waals surface area contributed by atoms with Gasteiger partial charge in [-0.05, 0) is 56.9 Å². The van der Waals surface area contributed by atoms with Crippen LogP contribution in [0.3, 0.4) is 0 Å². The van der Waals surface area contributed by atoms with E-state index in [0.29, 0.717) is 12.8 Å². The molecule has 0 bridgehead atoms. The molecule has 1 saturated heterocycles. The van der Waals surface area contributed by atoms with E-state index in [-0.39, 0.29) is 23.4 Å². The van der Waals surface area contributed by atoms with Gasteiger partial charge < -0.3 is 10.1 Å². The van der Waals surface area contributed by atoms with Crippen molar-refractivity contribution in [1.29, 1.82) is 0 Å². The van der Waals surface area contributed by atoms with E-state index in [1.165, 1.54) is 6.92 Å². The fraction of sp³-hybridized carbons (Fsp3) is 0.529. The highest BCUT2D eigenvalue weighted by atomic mass is 32.2. The van der Waals surface area contributed by atoms with Gasteiger partial charge in [-0.1, -0.05) is 0 Å². The number of hydrogen-bond acceptors (Lipinski definition) is 5. The van der Waals surface area contributed by atoms with Gasteiger partial charge in [0, 0.05) is 12.6 Å². The fourth-order valence-corrected chi connectivity index (χ4v) is 4.50. The normalized spacial score (nSPS) is 22.0. The number of amides is 1. The summed E-state index contributed by atoms with van der Waals surface area (Å²) < 4.78 is 44.8. The first-order valence-corrected chi connectivity index (χ1v) is 10.0. The minimum atomic E-state index is -3.95. The summed E-state index contributed by atoms with van der Waals surface area (Å²) in [5, 5.41) is 2.74. The van der Waals surface area contributed by atoms with Crippen LogP contribution in [0.4, 0.5) is 4.39 Å². The molecule has 1 heterocycles. The lowest BCUT2D eigenvalue weighted by Crippen LogP contribution is -2.44. The minimum absolute atomic E-state index is 0.0851. The van der Waals surface area contributed by atoms with Crippen LogP contribution in [0.5, 0.6) is 0 Å². The second kappa shape index (κ2) is 7.32. The number of nitrogens with one attached hydrogen (secondary N) is 1. The lowest BCUT2D eigenvalue weighted by Gasteiger charge is -2.24. The molecule has 2 fully saturated rings. The average molecular weight is 384 g/mol. The monoisotopic (exact) mass is 384 g/mol. The van der Waals surface area contributed by atoms with Gasteiger partial charge in [0.15, 0.2) is 6.10 Å². The smallest absolute Gasteiger partial charge is 0.325 e. The number of benzene rings is 1. The number of ether oxygens (including phenoxy) is 1. The summed E-state index contributed by atoms with van der Waals surface area (Å²) in [6, 6.07) is 3.60. The maximum Gasteiger partial charge on any atom is 0.325 e. The summed E-state index contributed by atoms with van der Waals surface area (Å²) in [5.74, 6) is -1.67. The molecular weight excluding hydrogens is 363 g/mol. The van der Waals surface area contributed by atoms with Gasteiger partial charge in [0.25, 0.3) is 5.91 Å². The Morgan fingerprint density at radius 3 is 2.50 bits per heavy atom. The van der Waals surface area contributed by atoms with Gasteiger partial charge >= 0.3 is 5.97 Å². The zero-order valence-electron chi connectivity index (χ0n) is 14.4. The first kappa shape index (κ1) is 18.8. The standard InChI is InChI=1S/C17H21FN2O5S/c1-11(16(21)19-13-6-7-13)25-17(22)15-3-2-10-20(15)26(23,24)14-8-4-12(18)5-9-14/h4-5,8-9,11,13,15H,2-3,6-7,10H2,1H3,(H,19,21)/t11-,15-/m0/s1. The molecule has 2 aliphatic rings. The summed E-state index contributed by atoms with van der Waals surface area (Å²) in [4.78, 5) is 24.3. The van der Waals surface area contributed by atoms with Crippen LogP contribution >= 0.6 is 0 Å². The largest absolute Gasteiger partial charge is 0.451 e. The van der Waals surface area contributed by atoms with Crippen molar-refractivity contribution in [2.75, 3.05) is 6.54 Å². The molecule has 1 amide bonds. The van der Waals surface area contributed by atoms with Crippen molar-refractivity contribution in [1.82, 2.24) is 9.62 Å². The Kier molecular flexibility index (Phi) is 5.29. The second-order valence-electron chi connectivity index (χ2n) is 6.59. The van der Waals surface area contributed by atoms with E-state index in [0.717, 1.165) is 41.4 Å². The molecule has 1 aliphatic heterocycles. The zero-order chi connectivity index (χ0) is 18.9. The number of sulfonamides is 1. The number of carbonyl (C=O) groups is 2. The Morgan fingerprint density at radius 2 is 1.88 bits per heavy atom. The molecule has 0 radical (unpaired) electrons. The average Bonchev–Trinajstić information content (AvgIpc) is 3.25. The van der Waals surface area contributed by atoms with E-state index in [1.807, 2.05) is 0 Å². The van der Waals surface area contributed by atoms with Crippen LogP contribution in [-0.2, 0) is 24.3 Å².